The van der Waals surface area contributed by atoms with Crippen molar-refractivity contribution in [3.8, 4) is 22.3 Å². The normalized spacial score (nSPS) is 11.7. The van der Waals surface area contributed by atoms with Crippen molar-refractivity contribution in [1.82, 2.24) is 0 Å². The average Bonchev–Trinajstić information content (AvgIpc) is 3.73. The lowest BCUT2D eigenvalue weighted by atomic mass is 9.91. The molecular weight excluding hydrogens is 615 g/mol. The van der Waals surface area contributed by atoms with E-state index in [1.165, 1.54) is 53.2 Å². The molecule has 0 aliphatic rings. The van der Waals surface area contributed by atoms with Crippen LogP contribution in [-0.4, -0.2) is 0 Å². The fourth-order valence-corrected chi connectivity index (χ4v) is 8.61. The molecule has 0 spiro atoms. The Balaban J connectivity index is 1.23. The van der Waals surface area contributed by atoms with Gasteiger partial charge in [0.25, 0.3) is 0 Å². The van der Waals surface area contributed by atoms with Crippen molar-refractivity contribution in [1.29, 1.82) is 0 Å². The number of furan rings is 1. The SMILES string of the molecule is c1ccc(-c2cccc3cccc(-c4cccc(N(c5ccc6c(c5)sc5ccccc56)c5cccc6oc7ccccc7c56)c4)c23)cc1. The average molecular weight is 644 g/mol. The van der Waals surface area contributed by atoms with E-state index in [2.05, 4.69) is 175 Å². The molecule has 8 aromatic carbocycles. The van der Waals surface area contributed by atoms with Crippen molar-refractivity contribution in [3.63, 3.8) is 0 Å². The van der Waals surface area contributed by atoms with Crippen LogP contribution in [0, 0.1) is 0 Å². The van der Waals surface area contributed by atoms with Crippen molar-refractivity contribution in [2.24, 2.45) is 0 Å². The number of hydrogen-bond acceptors (Lipinski definition) is 3. The lowest BCUT2D eigenvalue weighted by Crippen LogP contribution is -2.10. The second-order valence-electron chi connectivity index (χ2n) is 12.5. The summed E-state index contributed by atoms with van der Waals surface area (Å²) in [5.41, 5.74) is 9.89. The van der Waals surface area contributed by atoms with Crippen LogP contribution >= 0.6 is 11.3 Å². The highest BCUT2D eigenvalue weighted by molar-refractivity contribution is 7.25. The van der Waals surface area contributed by atoms with Gasteiger partial charge < -0.3 is 9.32 Å². The lowest BCUT2D eigenvalue weighted by molar-refractivity contribution is 0.669. The van der Waals surface area contributed by atoms with E-state index in [1.54, 1.807) is 0 Å². The second-order valence-corrected chi connectivity index (χ2v) is 13.6. The monoisotopic (exact) mass is 643 g/mol. The molecule has 0 radical (unpaired) electrons. The smallest absolute Gasteiger partial charge is 0.137 e. The summed E-state index contributed by atoms with van der Waals surface area (Å²) < 4.78 is 8.97. The third-order valence-electron chi connectivity index (χ3n) is 9.65. The molecule has 0 bridgehead atoms. The van der Waals surface area contributed by atoms with Gasteiger partial charge in [-0.3, -0.25) is 0 Å². The maximum atomic E-state index is 6.40. The Morgan fingerprint density at radius 1 is 0.408 bits per heavy atom. The summed E-state index contributed by atoms with van der Waals surface area (Å²) in [6, 6.07) is 63.3. The largest absolute Gasteiger partial charge is 0.456 e. The van der Waals surface area contributed by atoms with Crippen LogP contribution in [0.1, 0.15) is 0 Å². The van der Waals surface area contributed by atoms with Gasteiger partial charge in [-0.25, -0.2) is 0 Å². The molecule has 0 aliphatic heterocycles. The standard InChI is InChI=1S/C46H29NOS/c1-2-12-30(13-3-1)35-20-9-14-31-15-10-21-36(45(31)35)32-16-8-17-33(28-32)47(34-26-27-38-37-18-5-7-25-43(37)49-44(38)29-34)40-22-11-24-42-46(40)39-19-4-6-23-41(39)48-42/h1-29H. The number of fused-ring (bicyclic) bond motifs is 7. The molecule has 2 aromatic heterocycles. The van der Waals surface area contributed by atoms with Crippen LogP contribution in [0.2, 0.25) is 0 Å². The summed E-state index contributed by atoms with van der Waals surface area (Å²) in [7, 11) is 0. The van der Waals surface area contributed by atoms with Gasteiger partial charge >= 0.3 is 0 Å². The Labute approximate surface area is 287 Å². The van der Waals surface area contributed by atoms with Crippen LogP contribution in [-0.2, 0) is 0 Å². The van der Waals surface area contributed by atoms with E-state index in [4.69, 9.17) is 4.42 Å². The van der Waals surface area contributed by atoms with Gasteiger partial charge in [0, 0.05) is 36.9 Å². The van der Waals surface area contributed by atoms with Gasteiger partial charge in [-0.15, -0.1) is 11.3 Å². The van der Waals surface area contributed by atoms with Crippen molar-refractivity contribution in [3.05, 3.63) is 176 Å². The Morgan fingerprint density at radius 3 is 1.94 bits per heavy atom. The van der Waals surface area contributed by atoms with Crippen LogP contribution in [0.15, 0.2) is 180 Å². The third-order valence-corrected chi connectivity index (χ3v) is 10.8. The second kappa shape index (κ2) is 11.2. The number of nitrogens with zero attached hydrogens (tertiary/aromatic N) is 1. The number of hydrogen-bond donors (Lipinski definition) is 0. The lowest BCUT2D eigenvalue weighted by Gasteiger charge is -2.27. The minimum atomic E-state index is 0.879. The summed E-state index contributed by atoms with van der Waals surface area (Å²) in [6.45, 7) is 0. The first-order chi connectivity index (χ1) is 24.3. The van der Waals surface area contributed by atoms with Crippen molar-refractivity contribution in [2.75, 3.05) is 4.90 Å². The van der Waals surface area contributed by atoms with Crippen LogP contribution in [0.4, 0.5) is 17.1 Å². The zero-order chi connectivity index (χ0) is 32.3. The van der Waals surface area contributed by atoms with Crippen LogP contribution < -0.4 is 4.90 Å². The fourth-order valence-electron chi connectivity index (χ4n) is 7.48. The molecule has 230 valence electrons. The van der Waals surface area contributed by atoms with Crippen molar-refractivity contribution >= 4 is 81.3 Å². The molecule has 2 nitrogen and oxygen atoms in total. The summed E-state index contributed by atoms with van der Waals surface area (Å²) in [5, 5.41) is 7.29. The zero-order valence-corrected chi connectivity index (χ0v) is 27.3. The molecule has 10 aromatic rings. The van der Waals surface area contributed by atoms with Crippen molar-refractivity contribution < 1.29 is 4.42 Å². The van der Waals surface area contributed by atoms with E-state index in [-0.39, 0.29) is 0 Å². The highest BCUT2D eigenvalue weighted by Crippen LogP contribution is 2.46. The molecule has 0 aliphatic carbocycles. The summed E-state index contributed by atoms with van der Waals surface area (Å²) in [6.07, 6.45) is 0. The molecule has 0 saturated carbocycles. The quantitative estimate of drug-likeness (QED) is 0.186. The minimum absolute atomic E-state index is 0.879. The van der Waals surface area contributed by atoms with Gasteiger partial charge in [0.15, 0.2) is 0 Å². The maximum absolute atomic E-state index is 6.40. The maximum Gasteiger partial charge on any atom is 0.137 e. The summed E-state index contributed by atoms with van der Waals surface area (Å²) in [5.74, 6) is 0. The Bertz CT molecular complexity index is 2840. The molecule has 49 heavy (non-hydrogen) atoms. The fraction of sp³-hybridized carbons (Fsp3) is 0. The predicted molar refractivity (Wildman–Crippen MR) is 210 cm³/mol. The van der Waals surface area contributed by atoms with E-state index >= 15 is 0 Å². The molecule has 2 heterocycles. The molecule has 0 fully saturated rings. The van der Waals surface area contributed by atoms with E-state index in [1.807, 2.05) is 17.4 Å². The first-order valence-electron chi connectivity index (χ1n) is 16.6. The van der Waals surface area contributed by atoms with Crippen molar-refractivity contribution in [2.45, 2.75) is 0 Å². The minimum Gasteiger partial charge on any atom is -0.456 e. The Morgan fingerprint density at radius 2 is 1.06 bits per heavy atom. The Hall–Kier alpha value is -6.16. The van der Waals surface area contributed by atoms with Gasteiger partial charge in [0.2, 0.25) is 0 Å². The third kappa shape index (κ3) is 4.55. The van der Waals surface area contributed by atoms with E-state index in [0.29, 0.717) is 0 Å². The molecule has 0 atom stereocenters. The topological polar surface area (TPSA) is 16.4 Å². The van der Waals surface area contributed by atoms with Gasteiger partial charge in [-0.1, -0.05) is 127 Å². The number of anilines is 3. The van der Waals surface area contributed by atoms with Crippen LogP contribution in [0.5, 0.6) is 0 Å². The van der Waals surface area contributed by atoms with Crippen LogP contribution in [0.25, 0.3) is 75.1 Å². The van der Waals surface area contributed by atoms with Crippen LogP contribution in [0.3, 0.4) is 0 Å². The van der Waals surface area contributed by atoms with Gasteiger partial charge in [0.1, 0.15) is 11.2 Å². The number of para-hydroxylation sites is 1. The van der Waals surface area contributed by atoms with E-state index in [0.717, 1.165) is 39.0 Å². The Kier molecular flexibility index (Phi) is 6.39. The number of thiophene rings is 1. The number of benzene rings is 8. The molecule has 0 N–H and O–H groups in total. The summed E-state index contributed by atoms with van der Waals surface area (Å²) in [4.78, 5) is 2.40. The first-order valence-corrected chi connectivity index (χ1v) is 17.4. The molecule has 0 unspecified atom stereocenters. The highest BCUT2D eigenvalue weighted by Gasteiger charge is 2.21. The van der Waals surface area contributed by atoms with E-state index < -0.39 is 0 Å². The predicted octanol–water partition coefficient (Wildman–Crippen LogP) is 13.9. The highest BCUT2D eigenvalue weighted by atomic mass is 32.1. The van der Waals surface area contributed by atoms with E-state index in [9.17, 15) is 0 Å². The molecule has 10 rings (SSSR count). The molecular formula is C46H29NOS. The van der Waals surface area contributed by atoms with Gasteiger partial charge in [-0.05, 0) is 81.6 Å². The summed E-state index contributed by atoms with van der Waals surface area (Å²) >= 11 is 1.85. The molecule has 3 heteroatoms. The molecule has 0 amide bonds. The van der Waals surface area contributed by atoms with Gasteiger partial charge in [0.05, 0.1) is 11.1 Å². The first kappa shape index (κ1) is 27.9. The molecule has 0 saturated heterocycles. The zero-order valence-electron chi connectivity index (χ0n) is 26.5. The van der Waals surface area contributed by atoms with Gasteiger partial charge in [-0.2, -0.15) is 0 Å². The number of rotatable bonds is 5.